The Kier molecular flexibility index (Phi) is 4.97. The van der Waals surface area contributed by atoms with Crippen molar-refractivity contribution in [1.82, 2.24) is 10.2 Å². The molecule has 0 radical (unpaired) electrons. The number of carbonyl (C=O) groups excluding carboxylic acids is 1. The van der Waals surface area contributed by atoms with Crippen LogP contribution in [0.1, 0.15) is 21.6 Å². The molecular weight excluding hydrogens is 340 g/mol. The Morgan fingerprint density at radius 2 is 1.77 bits per heavy atom. The zero-order valence-corrected chi connectivity index (χ0v) is 14.2. The standard InChI is InChI=1S/C19H17F2N3O2/c1-11-3-6-13(7-4-11)14-10-16(24-23-14)18(25)22-15-9-12(2)5-8-17(15)26-19(20)21/h3-10,19H,1-2H3,(H,22,25)(H,23,24). The zero-order valence-electron chi connectivity index (χ0n) is 14.2. The van der Waals surface area contributed by atoms with Crippen molar-refractivity contribution in [3.05, 3.63) is 65.4 Å². The second-order valence-corrected chi connectivity index (χ2v) is 5.87. The van der Waals surface area contributed by atoms with Gasteiger partial charge in [-0.1, -0.05) is 35.9 Å². The number of aromatic amines is 1. The number of aryl methyl sites for hydroxylation is 2. The molecule has 134 valence electrons. The Labute approximate surface area is 149 Å². The largest absolute Gasteiger partial charge is 0.433 e. The van der Waals surface area contributed by atoms with Crippen LogP contribution in [-0.2, 0) is 0 Å². The van der Waals surface area contributed by atoms with Crippen molar-refractivity contribution in [2.45, 2.75) is 20.5 Å². The molecule has 0 atom stereocenters. The van der Waals surface area contributed by atoms with E-state index in [9.17, 15) is 13.6 Å². The summed E-state index contributed by atoms with van der Waals surface area (Å²) in [6.45, 7) is 0.787. The molecule has 0 saturated carbocycles. The number of aromatic nitrogens is 2. The normalized spacial score (nSPS) is 10.8. The van der Waals surface area contributed by atoms with E-state index in [1.54, 1.807) is 25.1 Å². The summed E-state index contributed by atoms with van der Waals surface area (Å²) in [5, 5.41) is 9.37. The van der Waals surface area contributed by atoms with Crippen molar-refractivity contribution in [1.29, 1.82) is 0 Å². The Morgan fingerprint density at radius 1 is 1.08 bits per heavy atom. The number of nitrogens with one attached hydrogen (secondary N) is 2. The van der Waals surface area contributed by atoms with Crippen molar-refractivity contribution in [3.8, 4) is 17.0 Å². The highest BCUT2D eigenvalue weighted by Gasteiger charge is 2.15. The maximum absolute atomic E-state index is 12.5. The van der Waals surface area contributed by atoms with Gasteiger partial charge in [-0.25, -0.2) is 0 Å². The first-order chi connectivity index (χ1) is 12.4. The number of halogens is 2. The second-order valence-electron chi connectivity index (χ2n) is 5.87. The SMILES string of the molecule is Cc1ccc(-c2cc(C(=O)Nc3cc(C)ccc3OC(F)F)[nH]n2)cc1. The van der Waals surface area contributed by atoms with E-state index >= 15 is 0 Å². The van der Waals surface area contributed by atoms with Gasteiger partial charge in [0.1, 0.15) is 11.4 Å². The van der Waals surface area contributed by atoms with Gasteiger partial charge in [-0.2, -0.15) is 13.9 Å². The summed E-state index contributed by atoms with van der Waals surface area (Å²) < 4.78 is 29.5. The van der Waals surface area contributed by atoms with Gasteiger partial charge < -0.3 is 10.1 Å². The molecule has 0 aliphatic carbocycles. The summed E-state index contributed by atoms with van der Waals surface area (Å²) in [7, 11) is 0. The number of H-pyrrole nitrogens is 1. The fourth-order valence-electron chi connectivity index (χ4n) is 2.44. The Morgan fingerprint density at radius 3 is 2.46 bits per heavy atom. The van der Waals surface area contributed by atoms with E-state index < -0.39 is 12.5 Å². The monoisotopic (exact) mass is 357 g/mol. The van der Waals surface area contributed by atoms with Crippen molar-refractivity contribution in [2.75, 3.05) is 5.32 Å². The van der Waals surface area contributed by atoms with Crippen LogP contribution in [0.25, 0.3) is 11.3 Å². The lowest BCUT2D eigenvalue weighted by Gasteiger charge is -2.12. The van der Waals surface area contributed by atoms with Gasteiger partial charge in [-0.05, 0) is 37.6 Å². The van der Waals surface area contributed by atoms with Crippen LogP contribution in [-0.4, -0.2) is 22.7 Å². The number of nitrogens with zero attached hydrogens (tertiary/aromatic N) is 1. The molecule has 0 unspecified atom stereocenters. The summed E-state index contributed by atoms with van der Waals surface area (Å²) >= 11 is 0. The number of ether oxygens (including phenoxy) is 1. The van der Waals surface area contributed by atoms with Crippen LogP contribution >= 0.6 is 0 Å². The smallest absolute Gasteiger partial charge is 0.387 e. The fourth-order valence-corrected chi connectivity index (χ4v) is 2.44. The molecular formula is C19H17F2N3O2. The lowest BCUT2D eigenvalue weighted by atomic mass is 10.1. The summed E-state index contributed by atoms with van der Waals surface area (Å²) in [4.78, 5) is 12.4. The van der Waals surface area contributed by atoms with Crippen LogP contribution in [0, 0.1) is 13.8 Å². The van der Waals surface area contributed by atoms with Crippen LogP contribution in [0.5, 0.6) is 5.75 Å². The molecule has 0 saturated heterocycles. The van der Waals surface area contributed by atoms with Gasteiger partial charge in [-0.3, -0.25) is 9.89 Å². The third kappa shape index (κ3) is 4.05. The van der Waals surface area contributed by atoms with Crippen LogP contribution in [0.4, 0.5) is 14.5 Å². The number of hydrogen-bond donors (Lipinski definition) is 2. The summed E-state index contributed by atoms with van der Waals surface area (Å²) in [6.07, 6.45) is 0. The van der Waals surface area contributed by atoms with E-state index in [2.05, 4.69) is 20.3 Å². The van der Waals surface area contributed by atoms with E-state index in [0.29, 0.717) is 5.69 Å². The van der Waals surface area contributed by atoms with Gasteiger partial charge in [0.05, 0.1) is 11.4 Å². The zero-order chi connectivity index (χ0) is 18.7. The molecule has 0 bridgehead atoms. The molecule has 3 rings (SSSR count). The van der Waals surface area contributed by atoms with Crippen LogP contribution in [0.3, 0.4) is 0 Å². The molecule has 0 aliphatic rings. The van der Waals surface area contributed by atoms with Crippen molar-refractivity contribution in [2.24, 2.45) is 0 Å². The van der Waals surface area contributed by atoms with Gasteiger partial charge in [0.25, 0.3) is 5.91 Å². The molecule has 0 aliphatic heterocycles. The van der Waals surface area contributed by atoms with Crippen LogP contribution in [0.2, 0.25) is 0 Å². The van der Waals surface area contributed by atoms with Crippen molar-refractivity contribution >= 4 is 11.6 Å². The highest BCUT2D eigenvalue weighted by atomic mass is 19.3. The number of hydrogen-bond acceptors (Lipinski definition) is 3. The van der Waals surface area contributed by atoms with E-state index in [4.69, 9.17) is 0 Å². The Bertz CT molecular complexity index is 921. The maximum Gasteiger partial charge on any atom is 0.387 e. The molecule has 3 aromatic rings. The van der Waals surface area contributed by atoms with Crippen molar-refractivity contribution in [3.63, 3.8) is 0 Å². The van der Waals surface area contributed by atoms with E-state index in [0.717, 1.165) is 16.7 Å². The number of amides is 1. The van der Waals surface area contributed by atoms with Gasteiger partial charge in [0.2, 0.25) is 0 Å². The Hall–Kier alpha value is -3.22. The molecule has 5 nitrogen and oxygen atoms in total. The number of benzene rings is 2. The first kappa shape index (κ1) is 17.6. The second kappa shape index (κ2) is 7.35. The maximum atomic E-state index is 12.5. The molecule has 1 aromatic heterocycles. The number of anilines is 1. The topological polar surface area (TPSA) is 67.0 Å². The third-order valence-corrected chi connectivity index (χ3v) is 3.77. The highest BCUT2D eigenvalue weighted by Crippen LogP contribution is 2.28. The predicted molar refractivity (Wildman–Crippen MR) is 94.5 cm³/mol. The minimum Gasteiger partial charge on any atom is -0.433 e. The van der Waals surface area contributed by atoms with Crippen LogP contribution in [0.15, 0.2) is 48.5 Å². The van der Waals surface area contributed by atoms with E-state index in [1.807, 2.05) is 31.2 Å². The molecule has 0 fully saturated rings. The minimum absolute atomic E-state index is 0.0998. The highest BCUT2D eigenvalue weighted by molar-refractivity contribution is 6.04. The summed E-state index contributed by atoms with van der Waals surface area (Å²) in [5.41, 5.74) is 3.78. The van der Waals surface area contributed by atoms with Gasteiger partial charge in [0, 0.05) is 5.56 Å². The van der Waals surface area contributed by atoms with E-state index in [-0.39, 0.29) is 17.1 Å². The first-order valence-electron chi connectivity index (χ1n) is 7.91. The Balaban J connectivity index is 1.81. The van der Waals surface area contributed by atoms with Crippen LogP contribution < -0.4 is 10.1 Å². The quantitative estimate of drug-likeness (QED) is 0.704. The average Bonchev–Trinajstić information content (AvgIpc) is 3.08. The number of rotatable bonds is 5. The average molecular weight is 357 g/mol. The first-order valence-corrected chi connectivity index (χ1v) is 7.91. The van der Waals surface area contributed by atoms with Gasteiger partial charge >= 0.3 is 6.61 Å². The van der Waals surface area contributed by atoms with Gasteiger partial charge in [0.15, 0.2) is 0 Å². The third-order valence-electron chi connectivity index (χ3n) is 3.77. The lowest BCUT2D eigenvalue weighted by Crippen LogP contribution is -2.14. The fraction of sp³-hybridized carbons (Fsp3) is 0.158. The minimum atomic E-state index is -2.98. The molecule has 0 spiro atoms. The molecule has 1 amide bonds. The predicted octanol–water partition coefficient (Wildman–Crippen LogP) is 4.55. The summed E-state index contributed by atoms with van der Waals surface area (Å²) in [6, 6.07) is 13.9. The molecule has 26 heavy (non-hydrogen) atoms. The molecule has 2 aromatic carbocycles. The molecule has 2 N–H and O–H groups in total. The number of carbonyl (C=O) groups is 1. The summed E-state index contributed by atoms with van der Waals surface area (Å²) in [5.74, 6) is -0.599. The number of alkyl halides is 2. The molecule has 7 heteroatoms. The lowest BCUT2D eigenvalue weighted by molar-refractivity contribution is -0.0493. The van der Waals surface area contributed by atoms with E-state index in [1.165, 1.54) is 6.07 Å². The molecule has 1 heterocycles. The van der Waals surface area contributed by atoms with Gasteiger partial charge in [-0.15, -0.1) is 0 Å². The van der Waals surface area contributed by atoms with Crippen molar-refractivity contribution < 1.29 is 18.3 Å².